The Morgan fingerprint density at radius 2 is 1.70 bits per heavy atom. The Labute approximate surface area is 163 Å². The third-order valence-corrected chi connectivity index (χ3v) is 5.32. The molecule has 1 aliphatic heterocycles. The van der Waals surface area contributed by atoms with Crippen LogP contribution in [0.5, 0.6) is 0 Å². The maximum absolute atomic E-state index is 13.0. The van der Waals surface area contributed by atoms with E-state index in [1.54, 1.807) is 36.0 Å². The number of nitrogens with zero attached hydrogens (tertiary/aromatic N) is 1. The molecule has 0 spiro atoms. The third kappa shape index (κ3) is 3.76. The molecule has 3 amide bonds. The van der Waals surface area contributed by atoms with Crippen LogP contribution >= 0.6 is 11.8 Å². The van der Waals surface area contributed by atoms with Crippen LogP contribution in [0, 0.1) is 13.8 Å². The summed E-state index contributed by atoms with van der Waals surface area (Å²) in [6, 6.07) is 11.6. The van der Waals surface area contributed by atoms with Gasteiger partial charge in [0.2, 0.25) is 5.91 Å². The number of carbonyl (C=O) groups is 3. The molecule has 1 heterocycles. The predicted molar refractivity (Wildman–Crippen MR) is 108 cm³/mol. The quantitative estimate of drug-likeness (QED) is 0.775. The number of benzene rings is 2. The zero-order valence-corrected chi connectivity index (χ0v) is 16.4. The van der Waals surface area contributed by atoms with Gasteiger partial charge in [-0.15, -0.1) is 0 Å². The molecule has 5 nitrogen and oxygen atoms in total. The zero-order chi connectivity index (χ0) is 19.6. The van der Waals surface area contributed by atoms with Gasteiger partial charge in [0.05, 0.1) is 11.1 Å². The van der Waals surface area contributed by atoms with E-state index in [0.29, 0.717) is 29.0 Å². The van der Waals surface area contributed by atoms with E-state index >= 15 is 0 Å². The molecule has 0 saturated heterocycles. The molecule has 0 fully saturated rings. The average molecular weight is 382 g/mol. The van der Waals surface area contributed by atoms with Gasteiger partial charge in [-0.1, -0.05) is 29.8 Å². The summed E-state index contributed by atoms with van der Waals surface area (Å²) in [6.45, 7) is 3.90. The summed E-state index contributed by atoms with van der Waals surface area (Å²) in [5.74, 6) is -0.487. The van der Waals surface area contributed by atoms with E-state index in [0.717, 1.165) is 16.0 Å². The third-order valence-electron chi connectivity index (χ3n) is 4.67. The molecule has 140 valence electrons. The van der Waals surface area contributed by atoms with E-state index in [2.05, 4.69) is 5.32 Å². The van der Waals surface area contributed by atoms with Crippen molar-refractivity contribution in [1.29, 1.82) is 0 Å². The van der Waals surface area contributed by atoms with Gasteiger partial charge in [0, 0.05) is 5.69 Å². The van der Waals surface area contributed by atoms with Crippen molar-refractivity contribution < 1.29 is 14.4 Å². The molecule has 2 aromatic rings. The van der Waals surface area contributed by atoms with Crippen molar-refractivity contribution in [2.75, 3.05) is 17.3 Å². The van der Waals surface area contributed by atoms with Crippen molar-refractivity contribution in [3.63, 3.8) is 0 Å². The summed E-state index contributed by atoms with van der Waals surface area (Å²) in [5.41, 5.74) is 3.45. The second-order valence-corrected chi connectivity index (χ2v) is 7.62. The van der Waals surface area contributed by atoms with E-state index in [4.69, 9.17) is 0 Å². The summed E-state index contributed by atoms with van der Waals surface area (Å²) < 4.78 is 0. The smallest absolute Gasteiger partial charge is 0.262 e. The molecule has 3 rings (SSSR count). The van der Waals surface area contributed by atoms with Crippen molar-refractivity contribution in [1.82, 2.24) is 4.90 Å². The highest BCUT2D eigenvalue weighted by Gasteiger charge is 2.42. The fourth-order valence-electron chi connectivity index (χ4n) is 3.27. The summed E-state index contributed by atoms with van der Waals surface area (Å²) in [6.07, 6.45) is 2.34. The molecule has 1 unspecified atom stereocenters. The Morgan fingerprint density at radius 1 is 1.07 bits per heavy atom. The van der Waals surface area contributed by atoms with Crippen LogP contribution in [0.25, 0.3) is 0 Å². The van der Waals surface area contributed by atoms with E-state index in [-0.39, 0.29) is 5.91 Å². The Kier molecular flexibility index (Phi) is 5.65. The Hall–Kier alpha value is -2.60. The van der Waals surface area contributed by atoms with Crippen molar-refractivity contribution in [2.24, 2.45) is 0 Å². The number of carbonyl (C=O) groups excluding carboxylic acids is 3. The fraction of sp³-hybridized carbons (Fsp3) is 0.286. The molecule has 0 aromatic heterocycles. The minimum atomic E-state index is -0.842. The Bertz CT molecular complexity index is 875. The maximum Gasteiger partial charge on any atom is 0.262 e. The molecule has 0 saturated carbocycles. The van der Waals surface area contributed by atoms with Gasteiger partial charge >= 0.3 is 0 Å². The first-order chi connectivity index (χ1) is 12.9. The molecular formula is C21H22N2O3S. The highest BCUT2D eigenvalue weighted by Crippen LogP contribution is 2.27. The van der Waals surface area contributed by atoms with Gasteiger partial charge in [-0.05, 0) is 56.0 Å². The SMILES string of the molecule is CSCCC(C(=O)Nc1ccc(C)cc1C)N1C(=O)c2ccccc2C1=O. The normalized spacial score (nSPS) is 14.3. The van der Waals surface area contributed by atoms with Crippen molar-refractivity contribution in [3.8, 4) is 0 Å². The molecule has 1 atom stereocenters. The summed E-state index contributed by atoms with van der Waals surface area (Å²) in [4.78, 5) is 39.7. The van der Waals surface area contributed by atoms with E-state index in [1.165, 1.54) is 0 Å². The number of aryl methyl sites for hydroxylation is 2. The highest BCUT2D eigenvalue weighted by atomic mass is 32.2. The van der Waals surface area contributed by atoms with Crippen LogP contribution in [0.3, 0.4) is 0 Å². The number of fused-ring (bicyclic) bond motifs is 1. The lowest BCUT2D eigenvalue weighted by atomic mass is 10.1. The second kappa shape index (κ2) is 7.96. The topological polar surface area (TPSA) is 66.5 Å². The number of amides is 3. The Balaban J connectivity index is 1.89. The van der Waals surface area contributed by atoms with Crippen LogP contribution in [0.4, 0.5) is 5.69 Å². The molecule has 1 N–H and O–H groups in total. The van der Waals surface area contributed by atoms with Crippen molar-refractivity contribution in [3.05, 3.63) is 64.7 Å². The summed E-state index contributed by atoms with van der Waals surface area (Å²) in [7, 11) is 0. The van der Waals surface area contributed by atoms with Gasteiger partial charge in [-0.2, -0.15) is 11.8 Å². The standard InChI is InChI=1S/C21H22N2O3S/c1-13-8-9-17(14(2)12-13)22-19(24)18(10-11-27-3)23-20(25)15-6-4-5-7-16(15)21(23)26/h4-9,12,18H,10-11H2,1-3H3,(H,22,24). The number of hydrogen-bond acceptors (Lipinski definition) is 4. The van der Waals surface area contributed by atoms with Crippen LogP contribution in [0.1, 0.15) is 38.3 Å². The maximum atomic E-state index is 13.0. The molecule has 6 heteroatoms. The van der Waals surface area contributed by atoms with Gasteiger partial charge < -0.3 is 5.32 Å². The second-order valence-electron chi connectivity index (χ2n) is 6.63. The number of imide groups is 1. The zero-order valence-electron chi connectivity index (χ0n) is 15.6. The van der Waals surface area contributed by atoms with Gasteiger partial charge in [0.1, 0.15) is 6.04 Å². The van der Waals surface area contributed by atoms with Crippen LogP contribution in [-0.4, -0.2) is 40.7 Å². The number of rotatable bonds is 6. The molecule has 0 radical (unpaired) electrons. The van der Waals surface area contributed by atoms with E-state index < -0.39 is 17.9 Å². The molecule has 27 heavy (non-hydrogen) atoms. The largest absolute Gasteiger partial charge is 0.324 e. The van der Waals surface area contributed by atoms with E-state index in [1.807, 2.05) is 38.3 Å². The lowest BCUT2D eigenvalue weighted by molar-refractivity contribution is -0.120. The first-order valence-corrected chi connectivity index (χ1v) is 10.2. The molecule has 0 aliphatic carbocycles. The minimum absolute atomic E-state index is 0.342. The fourth-order valence-corrected chi connectivity index (χ4v) is 3.73. The van der Waals surface area contributed by atoms with E-state index in [9.17, 15) is 14.4 Å². The number of anilines is 1. The summed E-state index contributed by atoms with van der Waals surface area (Å²) >= 11 is 1.57. The van der Waals surface area contributed by atoms with Gasteiger partial charge in [0.15, 0.2) is 0 Å². The lowest BCUT2D eigenvalue weighted by Gasteiger charge is -2.25. The van der Waals surface area contributed by atoms with Crippen LogP contribution < -0.4 is 5.32 Å². The summed E-state index contributed by atoms with van der Waals surface area (Å²) in [5, 5.41) is 2.90. The number of nitrogens with one attached hydrogen (secondary N) is 1. The average Bonchev–Trinajstić information content (AvgIpc) is 2.90. The minimum Gasteiger partial charge on any atom is -0.324 e. The van der Waals surface area contributed by atoms with Gasteiger partial charge in [-0.25, -0.2) is 0 Å². The van der Waals surface area contributed by atoms with Crippen molar-refractivity contribution >= 4 is 35.2 Å². The molecule has 0 bridgehead atoms. The van der Waals surface area contributed by atoms with Crippen LogP contribution in [0.15, 0.2) is 42.5 Å². The van der Waals surface area contributed by atoms with Crippen LogP contribution in [0.2, 0.25) is 0 Å². The predicted octanol–water partition coefficient (Wildman–Crippen LogP) is 3.66. The number of hydrogen-bond donors (Lipinski definition) is 1. The van der Waals surface area contributed by atoms with Gasteiger partial charge in [0.25, 0.3) is 11.8 Å². The first-order valence-electron chi connectivity index (χ1n) is 8.78. The van der Waals surface area contributed by atoms with Crippen molar-refractivity contribution in [2.45, 2.75) is 26.3 Å². The number of thioether (sulfide) groups is 1. The van der Waals surface area contributed by atoms with Crippen LogP contribution in [-0.2, 0) is 4.79 Å². The van der Waals surface area contributed by atoms with Gasteiger partial charge in [-0.3, -0.25) is 19.3 Å². The monoisotopic (exact) mass is 382 g/mol. The highest BCUT2D eigenvalue weighted by molar-refractivity contribution is 7.98. The molecular weight excluding hydrogens is 360 g/mol. The molecule has 1 aliphatic rings. The Morgan fingerprint density at radius 3 is 2.26 bits per heavy atom. The lowest BCUT2D eigenvalue weighted by Crippen LogP contribution is -2.47. The molecule has 2 aromatic carbocycles. The first kappa shape index (κ1) is 19.2.